The third-order valence-corrected chi connectivity index (χ3v) is 3.92. The number of nitrogens with two attached hydrogens (primary N) is 1. The highest BCUT2D eigenvalue weighted by Gasteiger charge is 2.27. The third-order valence-electron chi connectivity index (χ3n) is 3.58. The first-order valence-corrected chi connectivity index (χ1v) is 6.29. The van der Waals surface area contributed by atoms with Gasteiger partial charge in [0.25, 0.3) is 0 Å². The molecule has 0 aromatic heterocycles. The van der Waals surface area contributed by atoms with Crippen molar-refractivity contribution in [2.45, 2.75) is 31.7 Å². The standard InChI is InChI=1S/C11H20N2OS/c12-11(15)9-3-5-13(6-4-9)10-2-1-7-14-8-10/h9-10H,1-8H2,(H2,12,15). The third kappa shape index (κ3) is 2.89. The molecule has 2 aliphatic heterocycles. The lowest BCUT2D eigenvalue weighted by Crippen LogP contribution is -2.46. The largest absolute Gasteiger partial charge is 0.393 e. The molecular weight excluding hydrogens is 208 g/mol. The molecule has 0 saturated carbocycles. The minimum Gasteiger partial charge on any atom is -0.393 e. The lowest BCUT2D eigenvalue weighted by Gasteiger charge is -2.38. The molecule has 2 N–H and O–H groups in total. The average Bonchev–Trinajstić information content (AvgIpc) is 2.30. The van der Waals surface area contributed by atoms with Gasteiger partial charge in [0, 0.05) is 18.6 Å². The highest BCUT2D eigenvalue weighted by Crippen LogP contribution is 2.22. The van der Waals surface area contributed by atoms with Gasteiger partial charge in [-0.1, -0.05) is 12.2 Å². The molecule has 0 radical (unpaired) electrons. The summed E-state index contributed by atoms with van der Waals surface area (Å²) < 4.78 is 5.52. The van der Waals surface area contributed by atoms with E-state index in [1.54, 1.807) is 0 Å². The van der Waals surface area contributed by atoms with E-state index < -0.39 is 0 Å². The molecule has 0 aliphatic carbocycles. The first-order chi connectivity index (χ1) is 7.27. The Morgan fingerprint density at radius 2 is 2.00 bits per heavy atom. The Labute approximate surface area is 96.9 Å². The molecule has 0 aromatic carbocycles. The van der Waals surface area contributed by atoms with Crippen LogP contribution in [-0.2, 0) is 4.74 Å². The number of likely N-dealkylation sites (tertiary alicyclic amines) is 1. The number of rotatable bonds is 2. The summed E-state index contributed by atoms with van der Waals surface area (Å²) >= 11 is 5.05. The van der Waals surface area contributed by atoms with Gasteiger partial charge in [-0.05, 0) is 38.8 Å². The second kappa shape index (κ2) is 5.23. The summed E-state index contributed by atoms with van der Waals surface area (Å²) in [6.45, 7) is 4.13. The highest BCUT2D eigenvalue weighted by atomic mass is 32.1. The van der Waals surface area contributed by atoms with Gasteiger partial charge >= 0.3 is 0 Å². The topological polar surface area (TPSA) is 38.5 Å². The van der Waals surface area contributed by atoms with E-state index in [0.717, 1.165) is 39.1 Å². The lowest BCUT2D eigenvalue weighted by atomic mass is 9.95. The van der Waals surface area contributed by atoms with Crippen LogP contribution < -0.4 is 5.73 Å². The quantitative estimate of drug-likeness (QED) is 0.720. The fraction of sp³-hybridized carbons (Fsp3) is 0.909. The van der Waals surface area contributed by atoms with Gasteiger partial charge < -0.3 is 10.5 Å². The minimum absolute atomic E-state index is 0.473. The summed E-state index contributed by atoms with van der Waals surface area (Å²) in [7, 11) is 0. The molecule has 86 valence electrons. The summed E-state index contributed by atoms with van der Waals surface area (Å²) in [6.07, 6.45) is 4.76. The fourth-order valence-corrected chi connectivity index (χ4v) is 2.80. The predicted molar refractivity (Wildman–Crippen MR) is 64.9 cm³/mol. The van der Waals surface area contributed by atoms with E-state index in [1.165, 1.54) is 12.8 Å². The molecule has 2 fully saturated rings. The second-order valence-electron chi connectivity index (χ2n) is 4.58. The van der Waals surface area contributed by atoms with Crippen LogP contribution in [0.25, 0.3) is 0 Å². The Bertz CT molecular complexity index is 221. The van der Waals surface area contributed by atoms with E-state index in [-0.39, 0.29) is 0 Å². The van der Waals surface area contributed by atoms with Crippen molar-refractivity contribution in [1.29, 1.82) is 0 Å². The molecule has 2 heterocycles. The van der Waals surface area contributed by atoms with Crippen molar-refractivity contribution in [3.8, 4) is 0 Å². The van der Waals surface area contributed by atoms with Crippen LogP contribution in [0.3, 0.4) is 0 Å². The van der Waals surface area contributed by atoms with E-state index in [2.05, 4.69) is 4.90 Å². The summed E-state index contributed by atoms with van der Waals surface area (Å²) in [5.41, 5.74) is 5.68. The van der Waals surface area contributed by atoms with E-state index in [4.69, 9.17) is 22.7 Å². The van der Waals surface area contributed by atoms with Crippen molar-refractivity contribution < 1.29 is 4.74 Å². The number of hydrogen-bond acceptors (Lipinski definition) is 3. The molecular formula is C11H20N2OS. The normalized spacial score (nSPS) is 30.3. The number of nitrogens with zero attached hydrogens (tertiary/aromatic N) is 1. The maximum absolute atomic E-state index is 5.68. The van der Waals surface area contributed by atoms with Gasteiger partial charge in [-0.3, -0.25) is 4.90 Å². The van der Waals surface area contributed by atoms with Crippen LogP contribution in [0.5, 0.6) is 0 Å². The van der Waals surface area contributed by atoms with Gasteiger partial charge in [0.1, 0.15) is 0 Å². The zero-order chi connectivity index (χ0) is 10.7. The van der Waals surface area contributed by atoms with Gasteiger partial charge in [0.2, 0.25) is 0 Å². The monoisotopic (exact) mass is 228 g/mol. The smallest absolute Gasteiger partial charge is 0.0759 e. The van der Waals surface area contributed by atoms with E-state index in [9.17, 15) is 0 Å². The molecule has 4 heteroatoms. The van der Waals surface area contributed by atoms with Crippen LogP contribution in [0, 0.1) is 5.92 Å². The lowest BCUT2D eigenvalue weighted by molar-refractivity contribution is 0.00835. The average molecular weight is 228 g/mol. The Morgan fingerprint density at radius 1 is 1.27 bits per heavy atom. The van der Waals surface area contributed by atoms with Crippen LogP contribution in [-0.4, -0.2) is 42.2 Å². The van der Waals surface area contributed by atoms with Crippen molar-refractivity contribution in [3.05, 3.63) is 0 Å². The summed E-state index contributed by atoms with van der Waals surface area (Å²) in [5.74, 6) is 0.473. The predicted octanol–water partition coefficient (Wildman–Crippen LogP) is 1.16. The fourth-order valence-electron chi connectivity index (χ4n) is 2.56. The van der Waals surface area contributed by atoms with Crippen LogP contribution in [0.15, 0.2) is 0 Å². The molecule has 3 nitrogen and oxygen atoms in total. The number of ether oxygens (including phenoxy) is 1. The molecule has 0 amide bonds. The Balaban J connectivity index is 1.79. The SMILES string of the molecule is NC(=S)C1CCN(C2CCCOC2)CC1. The van der Waals surface area contributed by atoms with Gasteiger partial charge in [-0.15, -0.1) is 0 Å². The molecule has 0 bridgehead atoms. The first-order valence-electron chi connectivity index (χ1n) is 5.88. The molecule has 0 aromatic rings. The molecule has 15 heavy (non-hydrogen) atoms. The van der Waals surface area contributed by atoms with Crippen LogP contribution >= 0.6 is 12.2 Å². The maximum Gasteiger partial charge on any atom is 0.0759 e. The van der Waals surface area contributed by atoms with Crippen molar-refractivity contribution in [1.82, 2.24) is 4.90 Å². The van der Waals surface area contributed by atoms with Gasteiger partial charge in [-0.25, -0.2) is 0 Å². The zero-order valence-electron chi connectivity index (χ0n) is 9.15. The Kier molecular flexibility index (Phi) is 3.94. The van der Waals surface area contributed by atoms with Crippen molar-refractivity contribution >= 4 is 17.2 Å². The second-order valence-corrected chi connectivity index (χ2v) is 5.05. The van der Waals surface area contributed by atoms with Gasteiger partial charge in [0.15, 0.2) is 0 Å². The molecule has 1 unspecified atom stereocenters. The Hall–Kier alpha value is -0.190. The van der Waals surface area contributed by atoms with E-state index in [1.807, 2.05) is 0 Å². The van der Waals surface area contributed by atoms with E-state index >= 15 is 0 Å². The van der Waals surface area contributed by atoms with E-state index in [0.29, 0.717) is 16.9 Å². The van der Waals surface area contributed by atoms with Crippen LogP contribution in [0.1, 0.15) is 25.7 Å². The summed E-state index contributed by atoms with van der Waals surface area (Å²) in [5, 5.41) is 0. The van der Waals surface area contributed by atoms with Gasteiger partial charge in [-0.2, -0.15) is 0 Å². The first kappa shape index (κ1) is 11.3. The molecule has 0 spiro atoms. The summed E-state index contributed by atoms with van der Waals surface area (Å²) in [6, 6.07) is 0.644. The molecule has 2 saturated heterocycles. The van der Waals surface area contributed by atoms with Gasteiger partial charge in [0.05, 0.1) is 11.6 Å². The van der Waals surface area contributed by atoms with Crippen molar-refractivity contribution in [3.63, 3.8) is 0 Å². The number of thiocarbonyl (C=S) groups is 1. The highest BCUT2D eigenvalue weighted by molar-refractivity contribution is 7.80. The zero-order valence-corrected chi connectivity index (χ0v) is 9.97. The van der Waals surface area contributed by atoms with Crippen molar-refractivity contribution in [2.75, 3.05) is 26.3 Å². The van der Waals surface area contributed by atoms with Crippen LogP contribution in [0.2, 0.25) is 0 Å². The molecule has 2 aliphatic rings. The maximum atomic E-state index is 5.68. The molecule has 1 atom stereocenters. The summed E-state index contributed by atoms with van der Waals surface area (Å²) in [4.78, 5) is 3.25. The number of piperidine rings is 1. The van der Waals surface area contributed by atoms with Crippen molar-refractivity contribution in [2.24, 2.45) is 11.7 Å². The Morgan fingerprint density at radius 3 is 2.53 bits per heavy atom. The minimum atomic E-state index is 0.473. The number of hydrogen-bond donors (Lipinski definition) is 1. The van der Waals surface area contributed by atoms with Crippen LogP contribution in [0.4, 0.5) is 0 Å². The molecule has 2 rings (SSSR count).